The van der Waals surface area contributed by atoms with Crippen LogP contribution in [0, 0.1) is 24.4 Å². The smallest absolute Gasteiger partial charge is 0.257 e. The standard InChI is InChI=1S/C19H15F3N2O2/c1-10-16-14(22)7-13(21)8-15(16)24-19(26-2)17(10)18(25)23-9-11-4-3-5-12(20)6-11/h3-8H,9H2,1-2H3,(H,23,25). The molecule has 2 aromatic carbocycles. The number of hydrogen-bond donors (Lipinski definition) is 1. The molecule has 0 spiro atoms. The minimum absolute atomic E-state index is 0.0434. The molecule has 0 unspecified atom stereocenters. The number of benzene rings is 2. The summed E-state index contributed by atoms with van der Waals surface area (Å²) < 4.78 is 46.0. The SMILES string of the molecule is COc1nc2cc(F)cc(F)c2c(C)c1C(=O)NCc1cccc(F)c1. The third kappa shape index (κ3) is 3.33. The molecule has 0 saturated carbocycles. The molecule has 1 N–H and O–H groups in total. The summed E-state index contributed by atoms with van der Waals surface area (Å²) in [7, 11) is 1.31. The third-order valence-corrected chi connectivity index (χ3v) is 3.98. The summed E-state index contributed by atoms with van der Waals surface area (Å²) in [6.07, 6.45) is 0. The summed E-state index contributed by atoms with van der Waals surface area (Å²) >= 11 is 0. The maximum atomic E-state index is 14.2. The van der Waals surface area contributed by atoms with Crippen LogP contribution in [-0.2, 0) is 6.54 Å². The highest BCUT2D eigenvalue weighted by atomic mass is 19.1. The summed E-state index contributed by atoms with van der Waals surface area (Å²) in [5, 5.41) is 2.68. The van der Waals surface area contributed by atoms with Gasteiger partial charge in [0, 0.05) is 24.1 Å². The second-order valence-electron chi connectivity index (χ2n) is 5.72. The van der Waals surface area contributed by atoms with Crippen molar-refractivity contribution in [3.8, 4) is 5.88 Å². The predicted molar refractivity (Wildman–Crippen MR) is 90.5 cm³/mol. The molecule has 1 heterocycles. The van der Waals surface area contributed by atoms with E-state index in [0.717, 1.165) is 12.1 Å². The number of fused-ring (bicyclic) bond motifs is 1. The molecule has 1 amide bonds. The lowest BCUT2D eigenvalue weighted by Crippen LogP contribution is -2.25. The first kappa shape index (κ1) is 17.7. The Morgan fingerprint density at radius 1 is 1.15 bits per heavy atom. The molecule has 3 rings (SSSR count). The van der Waals surface area contributed by atoms with Crippen LogP contribution in [0.15, 0.2) is 36.4 Å². The summed E-state index contributed by atoms with van der Waals surface area (Å²) in [5.41, 5.74) is 0.943. The van der Waals surface area contributed by atoms with Gasteiger partial charge in [-0.25, -0.2) is 18.2 Å². The van der Waals surface area contributed by atoms with E-state index in [-0.39, 0.29) is 34.5 Å². The van der Waals surface area contributed by atoms with E-state index in [1.807, 2.05) is 0 Å². The van der Waals surface area contributed by atoms with Gasteiger partial charge in [-0.1, -0.05) is 12.1 Å². The third-order valence-electron chi connectivity index (χ3n) is 3.98. The van der Waals surface area contributed by atoms with Crippen LogP contribution in [0.25, 0.3) is 10.9 Å². The number of halogens is 3. The molecule has 1 aromatic heterocycles. The molecule has 0 atom stereocenters. The lowest BCUT2D eigenvalue weighted by atomic mass is 10.0. The Morgan fingerprint density at radius 3 is 2.62 bits per heavy atom. The normalized spacial score (nSPS) is 10.8. The minimum Gasteiger partial charge on any atom is -0.480 e. The number of nitrogens with zero attached hydrogens (tertiary/aromatic N) is 1. The van der Waals surface area contributed by atoms with Crippen LogP contribution in [0.2, 0.25) is 0 Å². The number of pyridine rings is 1. The van der Waals surface area contributed by atoms with E-state index in [4.69, 9.17) is 4.74 Å². The van der Waals surface area contributed by atoms with Gasteiger partial charge in [-0.2, -0.15) is 0 Å². The van der Waals surface area contributed by atoms with Crippen molar-refractivity contribution in [2.75, 3.05) is 7.11 Å². The van der Waals surface area contributed by atoms with Gasteiger partial charge in [0.05, 0.1) is 12.6 Å². The molecule has 7 heteroatoms. The topological polar surface area (TPSA) is 51.2 Å². The predicted octanol–water partition coefficient (Wildman–Crippen LogP) is 3.90. The molecule has 0 aliphatic rings. The van der Waals surface area contributed by atoms with Crippen molar-refractivity contribution in [1.29, 1.82) is 0 Å². The minimum atomic E-state index is -0.813. The second-order valence-corrected chi connectivity index (χ2v) is 5.72. The van der Waals surface area contributed by atoms with Crippen LogP contribution >= 0.6 is 0 Å². The maximum absolute atomic E-state index is 14.2. The quantitative estimate of drug-likeness (QED) is 0.768. The fourth-order valence-corrected chi connectivity index (χ4v) is 2.80. The maximum Gasteiger partial charge on any atom is 0.257 e. The van der Waals surface area contributed by atoms with Gasteiger partial charge in [0.2, 0.25) is 5.88 Å². The van der Waals surface area contributed by atoms with Crippen molar-refractivity contribution >= 4 is 16.8 Å². The lowest BCUT2D eigenvalue weighted by molar-refractivity contribution is 0.0946. The summed E-state index contributed by atoms with van der Waals surface area (Å²) in [6, 6.07) is 7.60. The van der Waals surface area contributed by atoms with Gasteiger partial charge in [0.1, 0.15) is 23.0 Å². The number of rotatable bonds is 4. The molecule has 0 radical (unpaired) electrons. The number of hydrogen-bond acceptors (Lipinski definition) is 3. The van der Waals surface area contributed by atoms with Crippen LogP contribution in [0.4, 0.5) is 13.2 Å². The van der Waals surface area contributed by atoms with Crippen molar-refractivity contribution in [2.24, 2.45) is 0 Å². The van der Waals surface area contributed by atoms with Gasteiger partial charge in [-0.05, 0) is 30.2 Å². The van der Waals surface area contributed by atoms with Crippen LogP contribution in [-0.4, -0.2) is 18.0 Å². The largest absolute Gasteiger partial charge is 0.480 e. The van der Waals surface area contributed by atoms with E-state index in [1.165, 1.54) is 32.2 Å². The van der Waals surface area contributed by atoms with Gasteiger partial charge in [-0.3, -0.25) is 4.79 Å². The van der Waals surface area contributed by atoms with Crippen molar-refractivity contribution in [2.45, 2.75) is 13.5 Å². The van der Waals surface area contributed by atoms with E-state index in [2.05, 4.69) is 10.3 Å². The average molecular weight is 360 g/mol. The second kappa shape index (κ2) is 7.03. The van der Waals surface area contributed by atoms with Gasteiger partial charge < -0.3 is 10.1 Å². The summed E-state index contributed by atoms with van der Waals surface area (Å²) in [4.78, 5) is 16.6. The van der Waals surface area contributed by atoms with Crippen LogP contribution in [0.1, 0.15) is 21.5 Å². The zero-order valence-corrected chi connectivity index (χ0v) is 14.1. The van der Waals surface area contributed by atoms with Gasteiger partial charge >= 0.3 is 0 Å². The monoisotopic (exact) mass is 360 g/mol. The zero-order valence-electron chi connectivity index (χ0n) is 14.1. The van der Waals surface area contributed by atoms with E-state index in [9.17, 15) is 18.0 Å². The summed E-state index contributed by atoms with van der Waals surface area (Å²) in [6.45, 7) is 1.60. The molecule has 0 saturated heterocycles. The molecule has 4 nitrogen and oxygen atoms in total. The van der Waals surface area contributed by atoms with E-state index in [1.54, 1.807) is 6.07 Å². The number of amides is 1. The molecule has 134 valence electrons. The highest BCUT2D eigenvalue weighted by Gasteiger charge is 2.22. The number of aromatic nitrogens is 1. The zero-order chi connectivity index (χ0) is 18.8. The first-order valence-electron chi connectivity index (χ1n) is 7.76. The molecule has 0 aliphatic heterocycles. The van der Waals surface area contributed by atoms with Crippen molar-refractivity contribution < 1.29 is 22.7 Å². The number of carbonyl (C=O) groups is 1. The Labute approximate surface area is 147 Å². The molecule has 0 fully saturated rings. The van der Waals surface area contributed by atoms with Crippen molar-refractivity contribution in [3.05, 3.63) is 70.5 Å². The number of nitrogens with one attached hydrogen (secondary N) is 1. The van der Waals surface area contributed by atoms with Gasteiger partial charge in [0.25, 0.3) is 5.91 Å². The van der Waals surface area contributed by atoms with Crippen LogP contribution in [0.5, 0.6) is 5.88 Å². The van der Waals surface area contributed by atoms with E-state index in [0.29, 0.717) is 5.56 Å². The fraction of sp³-hybridized carbons (Fsp3) is 0.158. The Kier molecular flexibility index (Phi) is 4.79. The molecular formula is C19H15F3N2O2. The first-order chi connectivity index (χ1) is 12.4. The van der Waals surface area contributed by atoms with Crippen LogP contribution in [0.3, 0.4) is 0 Å². The van der Waals surface area contributed by atoms with Gasteiger partial charge in [0.15, 0.2) is 0 Å². The summed E-state index contributed by atoms with van der Waals surface area (Å²) in [5.74, 6) is -2.60. The molecule has 3 aromatic rings. The highest BCUT2D eigenvalue weighted by molar-refractivity contribution is 6.02. The molecule has 26 heavy (non-hydrogen) atoms. The Balaban J connectivity index is 2.00. The number of carbonyl (C=O) groups excluding carboxylic acids is 1. The Bertz CT molecular complexity index is 1010. The molecular weight excluding hydrogens is 345 g/mol. The lowest BCUT2D eigenvalue weighted by Gasteiger charge is -2.14. The Morgan fingerprint density at radius 2 is 1.92 bits per heavy atom. The highest BCUT2D eigenvalue weighted by Crippen LogP contribution is 2.30. The van der Waals surface area contributed by atoms with E-state index < -0.39 is 23.4 Å². The van der Waals surface area contributed by atoms with Crippen molar-refractivity contribution in [1.82, 2.24) is 10.3 Å². The van der Waals surface area contributed by atoms with Gasteiger partial charge in [-0.15, -0.1) is 0 Å². The number of methoxy groups -OCH3 is 1. The number of ether oxygens (including phenoxy) is 1. The number of aryl methyl sites for hydroxylation is 1. The fourth-order valence-electron chi connectivity index (χ4n) is 2.80. The Hall–Kier alpha value is -3.09. The van der Waals surface area contributed by atoms with E-state index >= 15 is 0 Å². The first-order valence-corrected chi connectivity index (χ1v) is 7.76. The van der Waals surface area contributed by atoms with Crippen molar-refractivity contribution in [3.63, 3.8) is 0 Å². The van der Waals surface area contributed by atoms with Crippen LogP contribution < -0.4 is 10.1 Å². The molecule has 0 bridgehead atoms. The average Bonchev–Trinajstić information content (AvgIpc) is 2.58. The molecule has 0 aliphatic carbocycles.